The fraction of sp³-hybridized carbons (Fsp3) is 0.667. The van der Waals surface area contributed by atoms with Crippen molar-refractivity contribution < 1.29 is 4.79 Å². The maximum Gasteiger partial charge on any atom is 0.227 e. The van der Waals surface area contributed by atoms with Crippen LogP contribution >= 0.6 is 0 Å². The molecule has 1 aliphatic carbocycles. The van der Waals surface area contributed by atoms with Gasteiger partial charge in [-0.05, 0) is 50.0 Å². The van der Waals surface area contributed by atoms with Crippen molar-refractivity contribution in [2.24, 2.45) is 11.8 Å². The number of benzene rings is 1. The van der Waals surface area contributed by atoms with Gasteiger partial charge in [-0.15, -0.1) is 0 Å². The molecular weight excluding hydrogens is 296 g/mol. The van der Waals surface area contributed by atoms with Crippen LogP contribution in [0.5, 0.6) is 0 Å². The van der Waals surface area contributed by atoms with Gasteiger partial charge in [0.25, 0.3) is 0 Å². The Balaban J connectivity index is 1.39. The Morgan fingerprint density at radius 3 is 2.54 bits per heavy atom. The lowest BCUT2D eigenvalue weighted by Crippen LogP contribution is -2.47. The highest BCUT2D eigenvalue weighted by Gasteiger charge is 2.37. The van der Waals surface area contributed by atoms with E-state index in [0.717, 1.165) is 24.6 Å². The average Bonchev–Trinajstić information content (AvgIpc) is 2.85. The molecule has 3 heterocycles. The molecule has 0 radical (unpaired) electrons. The van der Waals surface area contributed by atoms with E-state index in [1.807, 2.05) is 0 Å². The number of nitrogens with zero attached hydrogens (tertiary/aromatic N) is 2. The molecule has 130 valence electrons. The van der Waals surface area contributed by atoms with Crippen molar-refractivity contribution in [1.82, 2.24) is 9.80 Å². The zero-order valence-electron chi connectivity index (χ0n) is 14.9. The number of hydrogen-bond donors (Lipinski definition) is 0. The van der Waals surface area contributed by atoms with Crippen molar-refractivity contribution in [2.45, 2.75) is 51.5 Å². The van der Waals surface area contributed by atoms with Gasteiger partial charge in [-0.1, -0.05) is 36.2 Å². The van der Waals surface area contributed by atoms with Gasteiger partial charge in [0.2, 0.25) is 5.91 Å². The number of piperidine rings is 1. The molecule has 5 rings (SSSR count). The maximum atomic E-state index is 12.8. The van der Waals surface area contributed by atoms with Gasteiger partial charge in [0.05, 0.1) is 6.42 Å². The minimum Gasteiger partial charge on any atom is -0.341 e. The number of hydrogen-bond acceptors (Lipinski definition) is 2. The van der Waals surface area contributed by atoms with Crippen molar-refractivity contribution in [3.63, 3.8) is 0 Å². The van der Waals surface area contributed by atoms with Gasteiger partial charge in [0, 0.05) is 32.2 Å². The lowest BCUT2D eigenvalue weighted by atomic mass is 9.83. The van der Waals surface area contributed by atoms with Crippen molar-refractivity contribution in [1.29, 1.82) is 0 Å². The van der Waals surface area contributed by atoms with Crippen molar-refractivity contribution in [2.75, 3.05) is 26.2 Å². The quantitative estimate of drug-likeness (QED) is 0.848. The maximum absolute atomic E-state index is 12.8. The van der Waals surface area contributed by atoms with E-state index in [1.165, 1.54) is 50.8 Å². The lowest BCUT2D eigenvalue weighted by Gasteiger charge is -2.40. The van der Waals surface area contributed by atoms with Gasteiger partial charge < -0.3 is 4.90 Å². The summed E-state index contributed by atoms with van der Waals surface area (Å²) in [6.07, 6.45) is 7.41. The normalized spacial score (nSPS) is 27.8. The highest BCUT2D eigenvalue weighted by atomic mass is 16.2. The molecule has 3 saturated heterocycles. The van der Waals surface area contributed by atoms with Gasteiger partial charge in [-0.25, -0.2) is 0 Å². The van der Waals surface area contributed by atoms with Crippen LogP contribution in [0.25, 0.3) is 0 Å². The van der Waals surface area contributed by atoms with E-state index in [0.29, 0.717) is 24.3 Å². The van der Waals surface area contributed by atoms with Crippen LogP contribution in [0.1, 0.15) is 43.2 Å². The third kappa shape index (κ3) is 3.51. The van der Waals surface area contributed by atoms with Crippen LogP contribution in [0.15, 0.2) is 24.3 Å². The standard InChI is InChI=1S/C21H30N2O/c1-16-5-7-17(8-6-16)11-21(24)23-14-19-9-10-20(15-23)22(13-19)12-18-3-2-4-18/h5-8,18-20H,2-4,9-15H2,1H3/t19-,20-/m1/s1. The molecule has 3 aliphatic heterocycles. The Kier molecular flexibility index (Phi) is 4.62. The zero-order chi connectivity index (χ0) is 16.5. The third-order valence-corrected chi connectivity index (χ3v) is 6.37. The molecule has 1 aromatic rings. The summed E-state index contributed by atoms with van der Waals surface area (Å²) < 4.78 is 0. The van der Waals surface area contributed by atoms with E-state index in [-0.39, 0.29) is 0 Å². The molecule has 1 aromatic carbocycles. The van der Waals surface area contributed by atoms with Crippen molar-refractivity contribution >= 4 is 5.91 Å². The van der Waals surface area contributed by atoms with E-state index < -0.39 is 0 Å². The Morgan fingerprint density at radius 2 is 1.83 bits per heavy atom. The van der Waals surface area contributed by atoms with E-state index in [2.05, 4.69) is 41.0 Å². The Labute approximate surface area is 146 Å². The largest absolute Gasteiger partial charge is 0.341 e. The molecule has 0 N–H and O–H groups in total. The summed E-state index contributed by atoms with van der Waals surface area (Å²) in [6, 6.07) is 9.02. The summed E-state index contributed by atoms with van der Waals surface area (Å²) in [5, 5.41) is 0. The van der Waals surface area contributed by atoms with E-state index in [4.69, 9.17) is 0 Å². The van der Waals surface area contributed by atoms with Crippen LogP contribution in [-0.2, 0) is 11.2 Å². The molecule has 0 aromatic heterocycles. The summed E-state index contributed by atoms with van der Waals surface area (Å²) in [6.45, 7) is 6.52. The highest BCUT2D eigenvalue weighted by molar-refractivity contribution is 5.79. The van der Waals surface area contributed by atoms with Crippen LogP contribution in [-0.4, -0.2) is 47.9 Å². The van der Waals surface area contributed by atoms with Crippen LogP contribution in [0.3, 0.4) is 0 Å². The first kappa shape index (κ1) is 16.1. The van der Waals surface area contributed by atoms with E-state index in [1.54, 1.807) is 0 Å². The molecule has 1 amide bonds. The minimum atomic E-state index is 0.321. The van der Waals surface area contributed by atoms with Gasteiger partial charge in [-0.3, -0.25) is 9.69 Å². The molecular formula is C21H30N2O. The van der Waals surface area contributed by atoms with Crippen LogP contribution < -0.4 is 0 Å². The summed E-state index contributed by atoms with van der Waals surface area (Å²) in [4.78, 5) is 17.7. The van der Waals surface area contributed by atoms with Gasteiger partial charge in [0.15, 0.2) is 0 Å². The number of amides is 1. The fourth-order valence-corrected chi connectivity index (χ4v) is 4.61. The number of fused-ring (bicyclic) bond motifs is 4. The number of aryl methyl sites for hydroxylation is 1. The molecule has 3 heteroatoms. The number of carbonyl (C=O) groups is 1. The monoisotopic (exact) mass is 326 g/mol. The molecule has 0 spiro atoms. The fourth-order valence-electron chi connectivity index (χ4n) is 4.61. The summed E-state index contributed by atoms with van der Waals surface area (Å²) in [7, 11) is 0. The Bertz CT molecular complexity index is 578. The van der Waals surface area contributed by atoms with E-state index >= 15 is 0 Å². The first-order valence-corrected chi connectivity index (χ1v) is 9.75. The molecule has 4 fully saturated rings. The number of rotatable bonds is 4. The molecule has 0 unspecified atom stereocenters. The summed E-state index contributed by atoms with van der Waals surface area (Å²) in [5.74, 6) is 1.94. The second-order valence-corrected chi connectivity index (χ2v) is 8.31. The topological polar surface area (TPSA) is 23.6 Å². The van der Waals surface area contributed by atoms with Crippen molar-refractivity contribution in [3.05, 3.63) is 35.4 Å². The Morgan fingerprint density at radius 1 is 1.04 bits per heavy atom. The molecule has 4 aliphatic rings. The molecule has 2 atom stereocenters. The van der Waals surface area contributed by atoms with E-state index in [9.17, 15) is 4.79 Å². The van der Waals surface area contributed by atoms with Gasteiger partial charge in [0.1, 0.15) is 0 Å². The minimum absolute atomic E-state index is 0.321. The predicted octanol–water partition coefficient (Wildman–Crippen LogP) is 3.26. The first-order chi connectivity index (χ1) is 11.7. The van der Waals surface area contributed by atoms with Crippen LogP contribution in [0, 0.1) is 18.8 Å². The summed E-state index contributed by atoms with van der Waals surface area (Å²) >= 11 is 0. The first-order valence-electron chi connectivity index (χ1n) is 9.75. The number of carbonyl (C=O) groups excluding carboxylic acids is 1. The van der Waals surface area contributed by atoms with Gasteiger partial charge >= 0.3 is 0 Å². The third-order valence-electron chi connectivity index (χ3n) is 6.37. The lowest BCUT2D eigenvalue weighted by molar-refractivity contribution is -0.130. The smallest absolute Gasteiger partial charge is 0.227 e. The Hall–Kier alpha value is -1.35. The average molecular weight is 326 g/mol. The summed E-state index contributed by atoms with van der Waals surface area (Å²) in [5.41, 5.74) is 2.40. The van der Waals surface area contributed by atoms with Crippen LogP contribution in [0.4, 0.5) is 0 Å². The molecule has 24 heavy (non-hydrogen) atoms. The molecule has 3 nitrogen and oxygen atoms in total. The second-order valence-electron chi connectivity index (χ2n) is 8.31. The molecule has 2 bridgehead atoms. The predicted molar refractivity (Wildman–Crippen MR) is 96.9 cm³/mol. The van der Waals surface area contributed by atoms with Gasteiger partial charge in [-0.2, -0.15) is 0 Å². The SMILES string of the molecule is Cc1ccc(CC(=O)N2C[C@@H]3CC[C@H](C2)N(CC2CCC2)C3)cc1. The second kappa shape index (κ2) is 6.87. The van der Waals surface area contributed by atoms with Crippen LogP contribution in [0.2, 0.25) is 0 Å². The highest BCUT2D eigenvalue weighted by Crippen LogP contribution is 2.33. The molecule has 1 saturated carbocycles. The van der Waals surface area contributed by atoms with Crippen molar-refractivity contribution in [3.8, 4) is 0 Å². The zero-order valence-corrected chi connectivity index (χ0v) is 14.9.